The molecule has 0 spiro atoms. The predicted octanol–water partition coefficient (Wildman–Crippen LogP) is 14.8. The van der Waals surface area contributed by atoms with E-state index in [1.54, 1.807) is 0 Å². The summed E-state index contributed by atoms with van der Waals surface area (Å²) in [7, 11) is 0. The van der Waals surface area contributed by atoms with E-state index in [9.17, 15) is 5.11 Å². The topological polar surface area (TPSA) is 50.9 Å². The van der Waals surface area contributed by atoms with Crippen molar-refractivity contribution in [3.63, 3.8) is 0 Å². The first-order chi connectivity index (χ1) is 27.6. The molecule has 0 aliphatic carbocycles. The lowest BCUT2D eigenvalue weighted by Crippen LogP contribution is -2.17. The molecular weight excluding hydrogens is 707 g/mol. The van der Waals surface area contributed by atoms with Crippen LogP contribution in [-0.4, -0.2) is 19.6 Å². The first kappa shape index (κ1) is 38.9. The number of phenolic OH excluding ortho intramolecular Hbond substituents is 1. The Morgan fingerprint density at radius 2 is 1.24 bits per heavy atom. The molecule has 2 heterocycles. The van der Waals surface area contributed by atoms with E-state index in [4.69, 9.17) is 9.97 Å². The first-order valence-electron chi connectivity index (χ1n) is 20.7. The number of hydrogen-bond acceptors (Lipinski definition) is 3. The number of para-hydroxylation sites is 1. The van der Waals surface area contributed by atoms with Crippen LogP contribution in [0.1, 0.15) is 103 Å². The van der Waals surface area contributed by atoms with Crippen LogP contribution in [0, 0.1) is 0 Å². The Kier molecular flexibility index (Phi) is 9.88. The molecule has 0 unspecified atom stereocenters. The molecule has 8 rings (SSSR count). The van der Waals surface area contributed by atoms with Crippen molar-refractivity contribution in [3.8, 4) is 56.3 Å². The zero-order valence-electron chi connectivity index (χ0n) is 35.6. The van der Waals surface area contributed by atoms with Crippen LogP contribution in [0.25, 0.3) is 72.4 Å². The molecule has 4 nitrogen and oxygen atoms in total. The normalized spacial score (nSPS) is 12.3. The summed E-state index contributed by atoms with van der Waals surface area (Å²) in [5.74, 6) is 1.41. The van der Waals surface area contributed by atoms with Gasteiger partial charge >= 0.3 is 0 Å². The molecule has 58 heavy (non-hydrogen) atoms. The van der Waals surface area contributed by atoms with Gasteiger partial charge in [-0.2, -0.15) is 0 Å². The standard InChI is InChI=1S/C54H55N3O/c1-33(2)42-28-37(35-19-12-11-13-20-35)29-43(34(3)4)50(42)57-48-25-18-23-41(44-30-38(47-24-16-17-26-55-47)27-36-21-14-15-22-40(36)44)49(48)56-52(57)45-31-39(53(5,6)7)32-46(51(45)58)54(8,9)10/h11-34,58H,1-10H3. The van der Waals surface area contributed by atoms with Crippen LogP contribution >= 0.6 is 0 Å². The first-order valence-corrected chi connectivity index (χ1v) is 20.7. The van der Waals surface area contributed by atoms with E-state index in [2.05, 4.69) is 189 Å². The van der Waals surface area contributed by atoms with E-state index in [-0.39, 0.29) is 28.4 Å². The Morgan fingerprint density at radius 3 is 1.88 bits per heavy atom. The molecule has 0 aliphatic heterocycles. The third kappa shape index (κ3) is 7.00. The lowest BCUT2D eigenvalue weighted by atomic mass is 9.78. The molecule has 0 bridgehead atoms. The van der Waals surface area contributed by atoms with E-state index in [0.717, 1.165) is 72.4 Å². The minimum atomic E-state index is -0.309. The molecule has 0 aliphatic rings. The Labute approximate surface area is 344 Å². The van der Waals surface area contributed by atoms with E-state index in [0.29, 0.717) is 0 Å². The molecule has 0 saturated carbocycles. The summed E-state index contributed by atoms with van der Waals surface area (Å²) < 4.78 is 2.37. The van der Waals surface area contributed by atoms with Crippen LogP contribution in [0.15, 0.2) is 134 Å². The lowest BCUT2D eigenvalue weighted by molar-refractivity contribution is 0.446. The highest BCUT2D eigenvalue weighted by Crippen LogP contribution is 2.47. The molecule has 0 saturated heterocycles. The number of imidazole rings is 1. The third-order valence-corrected chi connectivity index (χ3v) is 11.6. The summed E-state index contributed by atoms with van der Waals surface area (Å²) in [4.78, 5) is 10.5. The van der Waals surface area contributed by atoms with Crippen LogP contribution in [0.3, 0.4) is 0 Å². The van der Waals surface area contributed by atoms with E-state index < -0.39 is 0 Å². The Hall–Kier alpha value is -6.00. The van der Waals surface area contributed by atoms with Crippen LogP contribution in [-0.2, 0) is 10.8 Å². The maximum atomic E-state index is 12.5. The van der Waals surface area contributed by atoms with Crippen molar-refractivity contribution in [2.24, 2.45) is 0 Å². The van der Waals surface area contributed by atoms with Crippen molar-refractivity contribution >= 4 is 21.8 Å². The minimum Gasteiger partial charge on any atom is -0.507 e. The van der Waals surface area contributed by atoms with Gasteiger partial charge in [0, 0.05) is 22.9 Å². The van der Waals surface area contributed by atoms with Crippen molar-refractivity contribution in [1.29, 1.82) is 0 Å². The van der Waals surface area contributed by atoms with Crippen molar-refractivity contribution in [2.45, 2.75) is 91.9 Å². The minimum absolute atomic E-state index is 0.168. The summed E-state index contributed by atoms with van der Waals surface area (Å²) in [6, 6.07) is 45.5. The largest absolute Gasteiger partial charge is 0.507 e. The van der Waals surface area contributed by atoms with Gasteiger partial charge in [-0.15, -0.1) is 0 Å². The zero-order valence-corrected chi connectivity index (χ0v) is 35.6. The van der Waals surface area contributed by atoms with Crippen LogP contribution < -0.4 is 0 Å². The SMILES string of the molecule is CC(C)c1cc(-c2ccccc2)cc(C(C)C)c1-n1c(-c2cc(C(C)(C)C)cc(C(C)(C)C)c2O)nc2c(-c3cc(-c4ccccn4)cc4ccccc34)cccc21. The quantitative estimate of drug-likeness (QED) is 0.176. The van der Waals surface area contributed by atoms with E-state index in [1.165, 1.54) is 22.3 Å². The second kappa shape index (κ2) is 14.7. The van der Waals surface area contributed by atoms with Crippen LogP contribution in [0.5, 0.6) is 5.75 Å². The maximum absolute atomic E-state index is 12.5. The Bertz CT molecular complexity index is 2770. The molecule has 0 fully saturated rings. The highest BCUT2D eigenvalue weighted by molar-refractivity contribution is 6.06. The van der Waals surface area contributed by atoms with Gasteiger partial charge in [0.25, 0.3) is 0 Å². The molecule has 0 atom stereocenters. The van der Waals surface area contributed by atoms with Gasteiger partial charge in [-0.25, -0.2) is 4.98 Å². The lowest BCUT2D eigenvalue weighted by Gasteiger charge is -2.28. The van der Waals surface area contributed by atoms with Gasteiger partial charge in [-0.1, -0.05) is 148 Å². The Balaban J connectivity index is 1.54. The molecule has 8 aromatic rings. The van der Waals surface area contributed by atoms with Gasteiger partial charge in [0.05, 0.1) is 28.0 Å². The maximum Gasteiger partial charge on any atom is 0.149 e. The summed E-state index contributed by atoms with van der Waals surface area (Å²) >= 11 is 0. The number of nitrogens with zero attached hydrogens (tertiary/aromatic N) is 3. The number of fused-ring (bicyclic) bond motifs is 2. The van der Waals surface area contributed by atoms with Crippen molar-refractivity contribution in [3.05, 3.63) is 156 Å². The van der Waals surface area contributed by atoms with Crippen LogP contribution in [0.2, 0.25) is 0 Å². The summed E-state index contributed by atoms with van der Waals surface area (Å²) in [6.07, 6.45) is 1.85. The third-order valence-electron chi connectivity index (χ3n) is 11.6. The number of aromatic nitrogens is 3. The molecule has 0 amide bonds. The monoisotopic (exact) mass is 761 g/mol. The van der Waals surface area contributed by atoms with Gasteiger partial charge in [0.15, 0.2) is 0 Å². The van der Waals surface area contributed by atoms with Gasteiger partial charge in [-0.05, 0) is 115 Å². The second-order valence-corrected chi connectivity index (χ2v) is 18.5. The smallest absolute Gasteiger partial charge is 0.149 e. The molecule has 292 valence electrons. The molecule has 1 N–H and O–H groups in total. The molecule has 0 radical (unpaired) electrons. The fourth-order valence-corrected chi connectivity index (χ4v) is 8.36. The molecule has 6 aromatic carbocycles. The van der Waals surface area contributed by atoms with Crippen molar-refractivity contribution in [2.75, 3.05) is 0 Å². The summed E-state index contributed by atoms with van der Waals surface area (Å²) in [5, 5.41) is 14.8. The number of pyridine rings is 1. The number of rotatable bonds is 7. The van der Waals surface area contributed by atoms with Gasteiger partial charge in [0.1, 0.15) is 11.6 Å². The second-order valence-electron chi connectivity index (χ2n) is 18.5. The van der Waals surface area contributed by atoms with E-state index in [1.807, 2.05) is 18.3 Å². The zero-order chi connectivity index (χ0) is 41.1. The number of phenols is 1. The number of aromatic hydroxyl groups is 1. The van der Waals surface area contributed by atoms with Gasteiger partial charge in [0.2, 0.25) is 0 Å². The van der Waals surface area contributed by atoms with Gasteiger partial charge < -0.3 is 5.11 Å². The van der Waals surface area contributed by atoms with Gasteiger partial charge in [-0.3, -0.25) is 9.55 Å². The van der Waals surface area contributed by atoms with Crippen molar-refractivity contribution in [1.82, 2.24) is 14.5 Å². The fraction of sp³-hybridized carbons (Fsp3) is 0.259. The highest BCUT2D eigenvalue weighted by Gasteiger charge is 2.30. The summed E-state index contributed by atoms with van der Waals surface area (Å²) in [5.41, 5.74) is 14.3. The number of hydrogen-bond donors (Lipinski definition) is 1. The summed E-state index contributed by atoms with van der Waals surface area (Å²) in [6.45, 7) is 22.4. The fourth-order valence-electron chi connectivity index (χ4n) is 8.36. The average Bonchev–Trinajstić information content (AvgIpc) is 3.59. The highest BCUT2D eigenvalue weighted by atomic mass is 16.3. The van der Waals surface area contributed by atoms with Crippen LogP contribution in [0.4, 0.5) is 0 Å². The molecular formula is C54H55N3O. The predicted molar refractivity (Wildman–Crippen MR) is 245 cm³/mol. The number of benzene rings is 6. The molecule has 2 aromatic heterocycles. The molecule has 4 heteroatoms. The Morgan fingerprint density at radius 1 is 0.569 bits per heavy atom. The average molecular weight is 762 g/mol. The van der Waals surface area contributed by atoms with E-state index >= 15 is 0 Å². The van der Waals surface area contributed by atoms with Crippen molar-refractivity contribution < 1.29 is 5.11 Å².